The van der Waals surface area contributed by atoms with Crippen LogP contribution < -0.4 is 0 Å². The van der Waals surface area contributed by atoms with Gasteiger partial charge in [0.15, 0.2) is 0 Å². The topological polar surface area (TPSA) is 28.1 Å². The van der Waals surface area contributed by atoms with E-state index in [1.54, 1.807) is 0 Å². The lowest BCUT2D eigenvalue weighted by atomic mass is 10.4. The quantitative estimate of drug-likeness (QED) is 0.657. The summed E-state index contributed by atoms with van der Waals surface area (Å²) in [7, 11) is 0. The molecule has 1 saturated heterocycles. The van der Waals surface area contributed by atoms with Gasteiger partial charge in [-0.05, 0) is 0 Å². The van der Waals surface area contributed by atoms with Gasteiger partial charge >= 0.3 is 0 Å². The van der Waals surface area contributed by atoms with Crippen molar-refractivity contribution in [1.29, 1.82) is 0 Å². The van der Waals surface area contributed by atoms with Crippen LogP contribution in [0.2, 0.25) is 0 Å². The Bertz CT molecular complexity index is 209. The highest BCUT2D eigenvalue weighted by atomic mass is 16.5. The maximum absolute atomic E-state index is 5.29. The Labute approximate surface area is 84.8 Å². The number of allylic oxidation sites excluding steroid dienone is 1. The summed E-state index contributed by atoms with van der Waals surface area (Å²) in [5, 5.41) is 6.28. The van der Waals surface area contributed by atoms with Gasteiger partial charge in [0.05, 0.1) is 19.8 Å². The van der Waals surface area contributed by atoms with Crippen LogP contribution in [0, 0.1) is 0 Å². The van der Waals surface area contributed by atoms with E-state index in [-0.39, 0.29) is 0 Å². The Balaban J connectivity index is 1.67. The Morgan fingerprint density at radius 2 is 2.07 bits per heavy atom. The molecule has 4 nitrogen and oxygen atoms in total. The van der Waals surface area contributed by atoms with Crippen LogP contribution in [0.3, 0.4) is 0 Å². The van der Waals surface area contributed by atoms with Gasteiger partial charge in [-0.1, -0.05) is 6.08 Å². The fourth-order valence-electron chi connectivity index (χ4n) is 1.63. The second-order valence-corrected chi connectivity index (χ2v) is 3.54. The Kier molecular flexibility index (Phi) is 3.54. The number of hydrazone groups is 1. The molecule has 0 radical (unpaired) electrons. The average molecular weight is 195 g/mol. The second kappa shape index (κ2) is 5.12. The van der Waals surface area contributed by atoms with Gasteiger partial charge in [0.25, 0.3) is 0 Å². The lowest BCUT2D eigenvalue weighted by Crippen LogP contribution is -2.39. The van der Waals surface area contributed by atoms with Gasteiger partial charge in [0.1, 0.15) is 0 Å². The number of nitrogens with zero attached hydrogens (tertiary/aromatic N) is 3. The van der Waals surface area contributed by atoms with E-state index < -0.39 is 0 Å². The van der Waals surface area contributed by atoms with E-state index in [4.69, 9.17) is 4.74 Å². The number of hydrogen-bond acceptors (Lipinski definition) is 4. The molecule has 0 spiro atoms. The fourth-order valence-corrected chi connectivity index (χ4v) is 1.63. The maximum atomic E-state index is 5.29. The summed E-state index contributed by atoms with van der Waals surface area (Å²) in [6, 6.07) is 0. The van der Waals surface area contributed by atoms with E-state index in [2.05, 4.69) is 22.3 Å². The number of hydrogen-bond donors (Lipinski definition) is 0. The molecule has 0 amide bonds. The first-order valence-corrected chi connectivity index (χ1v) is 5.21. The maximum Gasteiger partial charge on any atom is 0.0594 e. The molecule has 0 bridgehead atoms. The zero-order chi connectivity index (χ0) is 9.64. The molecular formula is C10H17N3O. The molecule has 2 aliphatic heterocycles. The van der Waals surface area contributed by atoms with E-state index in [0.29, 0.717) is 0 Å². The molecule has 4 heteroatoms. The predicted molar refractivity (Wildman–Crippen MR) is 56.2 cm³/mol. The van der Waals surface area contributed by atoms with Crippen molar-refractivity contribution in [3.8, 4) is 0 Å². The number of rotatable bonds is 3. The lowest BCUT2D eigenvalue weighted by Gasteiger charge is -2.28. The van der Waals surface area contributed by atoms with Crippen molar-refractivity contribution in [3.05, 3.63) is 12.3 Å². The second-order valence-electron chi connectivity index (χ2n) is 3.54. The summed E-state index contributed by atoms with van der Waals surface area (Å²) in [5.41, 5.74) is 0. The Morgan fingerprint density at radius 3 is 2.79 bits per heavy atom. The summed E-state index contributed by atoms with van der Waals surface area (Å²) >= 11 is 0. The van der Waals surface area contributed by atoms with E-state index in [9.17, 15) is 0 Å². The largest absolute Gasteiger partial charge is 0.379 e. The van der Waals surface area contributed by atoms with Crippen LogP contribution in [0.4, 0.5) is 0 Å². The van der Waals surface area contributed by atoms with Crippen LogP contribution in [0.5, 0.6) is 0 Å². The highest BCUT2D eigenvalue weighted by Gasteiger charge is 2.10. The summed E-state index contributed by atoms with van der Waals surface area (Å²) < 4.78 is 5.29. The van der Waals surface area contributed by atoms with Crippen molar-refractivity contribution in [3.63, 3.8) is 0 Å². The molecule has 0 unspecified atom stereocenters. The summed E-state index contributed by atoms with van der Waals surface area (Å²) in [4.78, 5) is 2.42. The molecule has 0 aromatic carbocycles. The SMILES string of the molecule is C1=CN(CCN2CCOCC2)N=CC1. The van der Waals surface area contributed by atoms with Crippen molar-refractivity contribution < 1.29 is 4.74 Å². The minimum absolute atomic E-state index is 0.874. The summed E-state index contributed by atoms with van der Waals surface area (Å²) in [6.07, 6.45) is 7.10. The Hall–Kier alpha value is -0.870. The molecule has 0 aromatic rings. The van der Waals surface area contributed by atoms with E-state index in [1.165, 1.54) is 0 Å². The van der Waals surface area contributed by atoms with Gasteiger partial charge < -0.3 is 4.74 Å². The van der Waals surface area contributed by atoms with Gasteiger partial charge in [0.2, 0.25) is 0 Å². The van der Waals surface area contributed by atoms with Crippen molar-refractivity contribution in [2.24, 2.45) is 5.10 Å². The molecule has 0 N–H and O–H groups in total. The first-order chi connectivity index (χ1) is 6.95. The molecule has 0 aliphatic carbocycles. The molecule has 78 valence electrons. The first-order valence-electron chi connectivity index (χ1n) is 5.21. The third kappa shape index (κ3) is 2.82. The average Bonchev–Trinajstić information content (AvgIpc) is 2.29. The lowest BCUT2D eigenvalue weighted by molar-refractivity contribution is 0.0353. The Morgan fingerprint density at radius 1 is 1.21 bits per heavy atom. The highest BCUT2D eigenvalue weighted by Crippen LogP contribution is 2.01. The molecule has 2 heterocycles. The zero-order valence-electron chi connectivity index (χ0n) is 8.43. The third-order valence-electron chi connectivity index (χ3n) is 2.50. The van der Waals surface area contributed by atoms with Gasteiger partial charge in [-0.2, -0.15) is 5.10 Å². The van der Waals surface area contributed by atoms with Crippen molar-refractivity contribution in [2.45, 2.75) is 6.42 Å². The standard InChI is InChI=1S/C10H17N3O/c1-2-4-13(11-3-1)6-5-12-7-9-14-10-8-12/h2-4H,1,5-10H2. The highest BCUT2D eigenvalue weighted by molar-refractivity contribution is 5.59. The monoisotopic (exact) mass is 195 g/mol. The third-order valence-corrected chi connectivity index (χ3v) is 2.50. The molecule has 1 fully saturated rings. The van der Waals surface area contributed by atoms with Crippen molar-refractivity contribution in [2.75, 3.05) is 39.4 Å². The van der Waals surface area contributed by atoms with Gasteiger partial charge in [-0.3, -0.25) is 9.91 Å². The smallest absolute Gasteiger partial charge is 0.0594 e. The predicted octanol–water partition coefficient (Wildman–Crippen LogP) is 0.524. The van der Waals surface area contributed by atoms with E-state index in [0.717, 1.165) is 45.8 Å². The number of morpholine rings is 1. The van der Waals surface area contributed by atoms with Gasteiger partial charge in [-0.15, -0.1) is 0 Å². The molecular weight excluding hydrogens is 178 g/mol. The zero-order valence-corrected chi connectivity index (χ0v) is 8.43. The molecule has 2 rings (SSSR count). The molecule has 2 aliphatic rings. The van der Waals surface area contributed by atoms with Crippen LogP contribution >= 0.6 is 0 Å². The molecule has 0 atom stereocenters. The molecule has 14 heavy (non-hydrogen) atoms. The minimum Gasteiger partial charge on any atom is -0.379 e. The minimum atomic E-state index is 0.874. The van der Waals surface area contributed by atoms with Crippen LogP contribution in [-0.2, 0) is 4.74 Å². The van der Waals surface area contributed by atoms with Crippen LogP contribution in [0.1, 0.15) is 6.42 Å². The van der Waals surface area contributed by atoms with Gasteiger partial charge in [-0.25, -0.2) is 0 Å². The summed E-state index contributed by atoms with van der Waals surface area (Å²) in [5.74, 6) is 0. The van der Waals surface area contributed by atoms with Gasteiger partial charge in [0, 0.05) is 38.5 Å². The molecule has 0 aromatic heterocycles. The molecule has 0 saturated carbocycles. The van der Waals surface area contributed by atoms with E-state index >= 15 is 0 Å². The normalized spacial score (nSPS) is 23.0. The van der Waals surface area contributed by atoms with Crippen molar-refractivity contribution in [1.82, 2.24) is 9.91 Å². The van der Waals surface area contributed by atoms with Crippen molar-refractivity contribution >= 4 is 6.21 Å². The van der Waals surface area contributed by atoms with Crippen LogP contribution in [0.25, 0.3) is 0 Å². The first kappa shape index (κ1) is 9.68. The van der Waals surface area contributed by atoms with Crippen LogP contribution in [-0.4, -0.2) is 55.5 Å². The summed E-state index contributed by atoms with van der Waals surface area (Å²) in [6.45, 7) is 5.92. The fraction of sp³-hybridized carbons (Fsp3) is 0.700. The van der Waals surface area contributed by atoms with E-state index in [1.807, 2.05) is 11.2 Å². The van der Waals surface area contributed by atoms with Crippen LogP contribution in [0.15, 0.2) is 17.4 Å². The number of ether oxygens (including phenoxy) is 1.